The number of H-pyrrole nitrogens is 1. The van der Waals surface area contributed by atoms with E-state index in [1.54, 1.807) is 6.07 Å². The molecular formula is C13H19Cl2N3O. The highest BCUT2D eigenvalue weighted by atomic mass is 35.5. The SMILES string of the molecule is CCN(CC1CCCCN1)C(=O)c1cc(Cl)c(Cl)[nH]1. The third-order valence-electron chi connectivity index (χ3n) is 3.48. The molecule has 1 aromatic heterocycles. The summed E-state index contributed by atoms with van der Waals surface area (Å²) >= 11 is 11.7. The van der Waals surface area contributed by atoms with Gasteiger partial charge < -0.3 is 15.2 Å². The molecule has 4 nitrogen and oxygen atoms in total. The van der Waals surface area contributed by atoms with Gasteiger partial charge in [-0.05, 0) is 32.4 Å². The molecule has 1 amide bonds. The Morgan fingerprint density at radius 3 is 2.79 bits per heavy atom. The van der Waals surface area contributed by atoms with Crippen LogP contribution in [0.2, 0.25) is 10.2 Å². The van der Waals surface area contributed by atoms with Crippen LogP contribution in [-0.2, 0) is 0 Å². The summed E-state index contributed by atoms with van der Waals surface area (Å²) in [6.45, 7) is 4.41. The van der Waals surface area contributed by atoms with E-state index in [0.29, 0.717) is 28.5 Å². The monoisotopic (exact) mass is 303 g/mol. The minimum atomic E-state index is -0.0522. The average Bonchev–Trinajstić information content (AvgIpc) is 2.76. The van der Waals surface area contributed by atoms with Crippen molar-refractivity contribution in [1.29, 1.82) is 0 Å². The van der Waals surface area contributed by atoms with Crippen molar-refractivity contribution in [3.05, 3.63) is 21.9 Å². The van der Waals surface area contributed by atoms with Crippen LogP contribution in [0.5, 0.6) is 0 Å². The van der Waals surface area contributed by atoms with E-state index < -0.39 is 0 Å². The Kier molecular flexibility index (Phi) is 5.13. The van der Waals surface area contributed by atoms with Gasteiger partial charge in [-0.25, -0.2) is 0 Å². The summed E-state index contributed by atoms with van der Waals surface area (Å²) in [5, 5.41) is 4.15. The molecular weight excluding hydrogens is 285 g/mol. The normalized spacial score (nSPS) is 19.4. The molecule has 1 aromatic rings. The fourth-order valence-corrected chi connectivity index (χ4v) is 2.70. The van der Waals surface area contributed by atoms with E-state index in [4.69, 9.17) is 23.2 Å². The van der Waals surface area contributed by atoms with Crippen LogP contribution in [0.15, 0.2) is 6.07 Å². The van der Waals surface area contributed by atoms with Gasteiger partial charge in [0.2, 0.25) is 0 Å². The van der Waals surface area contributed by atoms with Crippen LogP contribution in [0.25, 0.3) is 0 Å². The van der Waals surface area contributed by atoms with E-state index in [1.165, 1.54) is 12.8 Å². The van der Waals surface area contributed by atoms with Gasteiger partial charge in [0.25, 0.3) is 5.91 Å². The lowest BCUT2D eigenvalue weighted by molar-refractivity contribution is 0.0736. The molecule has 1 atom stereocenters. The first-order chi connectivity index (χ1) is 9.11. The van der Waals surface area contributed by atoms with Crippen LogP contribution < -0.4 is 5.32 Å². The summed E-state index contributed by atoms with van der Waals surface area (Å²) in [6.07, 6.45) is 3.57. The van der Waals surface area contributed by atoms with Crippen molar-refractivity contribution in [2.75, 3.05) is 19.6 Å². The Bertz CT molecular complexity index is 422. The number of nitrogens with one attached hydrogen (secondary N) is 2. The van der Waals surface area contributed by atoms with Gasteiger partial charge in [0, 0.05) is 19.1 Å². The number of aromatic amines is 1. The van der Waals surface area contributed by atoms with Gasteiger partial charge in [-0.2, -0.15) is 0 Å². The summed E-state index contributed by atoms with van der Waals surface area (Å²) in [5.74, 6) is -0.0522. The fraction of sp³-hybridized carbons (Fsp3) is 0.615. The topological polar surface area (TPSA) is 48.1 Å². The molecule has 0 bridgehead atoms. The van der Waals surface area contributed by atoms with E-state index in [1.807, 2.05) is 11.8 Å². The van der Waals surface area contributed by atoms with E-state index in [-0.39, 0.29) is 5.91 Å². The largest absolute Gasteiger partial charge is 0.340 e. The van der Waals surface area contributed by atoms with Crippen molar-refractivity contribution in [3.63, 3.8) is 0 Å². The van der Waals surface area contributed by atoms with E-state index in [9.17, 15) is 4.79 Å². The van der Waals surface area contributed by atoms with Crippen molar-refractivity contribution in [3.8, 4) is 0 Å². The minimum Gasteiger partial charge on any atom is -0.340 e. The third kappa shape index (κ3) is 3.65. The number of amides is 1. The molecule has 0 saturated carbocycles. The lowest BCUT2D eigenvalue weighted by Gasteiger charge is -2.29. The molecule has 6 heteroatoms. The van der Waals surface area contributed by atoms with Crippen LogP contribution in [0.4, 0.5) is 0 Å². The zero-order valence-electron chi connectivity index (χ0n) is 11.0. The van der Waals surface area contributed by atoms with Crippen molar-refractivity contribution in [1.82, 2.24) is 15.2 Å². The highest BCUT2D eigenvalue weighted by Gasteiger charge is 2.22. The first-order valence-corrected chi connectivity index (χ1v) is 7.44. The maximum absolute atomic E-state index is 12.4. The lowest BCUT2D eigenvalue weighted by atomic mass is 10.0. The molecule has 1 aliphatic rings. The van der Waals surface area contributed by atoms with Crippen LogP contribution in [0, 0.1) is 0 Å². The number of carbonyl (C=O) groups excluding carboxylic acids is 1. The molecule has 1 fully saturated rings. The second-order valence-electron chi connectivity index (χ2n) is 4.84. The molecule has 0 radical (unpaired) electrons. The standard InChI is InChI=1S/C13H19Cl2N3O/c1-2-18(8-9-5-3-4-6-16-9)13(19)11-7-10(14)12(15)17-11/h7,9,16-17H,2-6,8H2,1H3. The molecule has 2 heterocycles. The third-order valence-corrected chi connectivity index (χ3v) is 4.17. The number of carbonyl (C=O) groups is 1. The lowest BCUT2D eigenvalue weighted by Crippen LogP contribution is -2.45. The molecule has 0 spiro atoms. The number of piperidine rings is 1. The minimum absolute atomic E-state index is 0.0522. The molecule has 1 aliphatic heterocycles. The number of hydrogen-bond donors (Lipinski definition) is 2. The van der Waals surface area contributed by atoms with Gasteiger partial charge in [0.05, 0.1) is 5.02 Å². The summed E-state index contributed by atoms with van der Waals surface area (Å²) in [6, 6.07) is 1.97. The zero-order chi connectivity index (χ0) is 13.8. The first kappa shape index (κ1) is 14.7. The number of nitrogens with zero attached hydrogens (tertiary/aromatic N) is 1. The molecule has 1 saturated heterocycles. The van der Waals surface area contributed by atoms with Gasteiger partial charge in [-0.15, -0.1) is 0 Å². The Morgan fingerprint density at radius 2 is 2.26 bits per heavy atom. The summed E-state index contributed by atoms with van der Waals surface area (Å²) in [7, 11) is 0. The maximum atomic E-state index is 12.4. The molecule has 2 rings (SSSR count). The highest BCUT2D eigenvalue weighted by molar-refractivity contribution is 6.41. The Balaban J connectivity index is 2.01. The predicted octanol–water partition coefficient (Wildman–Crippen LogP) is 2.93. The van der Waals surface area contributed by atoms with Gasteiger partial charge in [-0.3, -0.25) is 4.79 Å². The van der Waals surface area contributed by atoms with Crippen LogP contribution in [0.1, 0.15) is 36.7 Å². The number of halogens is 2. The van der Waals surface area contributed by atoms with Gasteiger partial charge >= 0.3 is 0 Å². The maximum Gasteiger partial charge on any atom is 0.270 e. The van der Waals surface area contributed by atoms with Crippen LogP contribution in [0.3, 0.4) is 0 Å². The van der Waals surface area contributed by atoms with Crippen LogP contribution >= 0.6 is 23.2 Å². The molecule has 106 valence electrons. The molecule has 0 aliphatic carbocycles. The van der Waals surface area contributed by atoms with Crippen molar-refractivity contribution in [2.45, 2.75) is 32.2 Å². The Labute approximate surface area is 123 Å². The molecule has 0 aromatic carbocycles. The Hall–Kier alpha value is -0.710. The number of likely N-dealkylation sites (N-methyl/N-ethyl adjacent to an activating group) is 1. The van der Waals surface area contributed by atoms with Crippen LogP contribution in [-0.4, -0.2) is 41.5 Å². The van der Waals surface area contributed by atoms with Crippen molar-refractivity contribution >= 4 is 29.1 Å². The van der Waals surface area contributed by atoms with Crippen molar-refractivity contribution in [2.24, 2.45) is 0 Å². The molecule has 1 unspecified atom stereocenters. The second-order valence-corrected chi connectivity index (χ2v) is 5.62. The highest BCUT2D eigenvalue weighted by Crippen LogP contribution is 2.22. The average molecular weight is 304 g/mol. The van der Waals surface area contributed by atoms with Gasteiger partial charge in [0.1, 0.15) is 10.8 Å². The van der Waals surface area contributed by atoms with Gasteiger partial charge in [0.15, 0.2) is 0 Å². The first-order valence-electron chi connectivity index (χ1n) is 6.68. The number of aromatic nitrogens is 1. The molecule has 19 heavy (non-hydrogen) atoms. The predicted molar refractivity (Wildman–Crippen MR) is 78.0 cm³/mol. The summed E-state index contributed by atoms with van der Waals surface area (Å²) in [5.41, 5.74) is 0.452. The number of hydrogen-bond acceptors (Lipinski definition) is 2. The smallest absolute Gasteiger partial charge is 0.270 e. The summed E-state index contributed by atoms with van der Waals surface area (Å²) in [4.78, 5) is 17.0. The van der Waals surface area contributed by atoms with E-state index >= 15 is 0 Å². The van der Waals surface area contributed by atoms with Crippen molar-refractivity contribution < 1.29 is 4.79 Å². The summed E-state index contributed by atoms with van der Waals surface area (Å²) < 4.78 is 0. The molecule has 2 N–H and O–H groups in total. The fourth-order valence-electron chi connectivity index (χ4n) is 2.39. The quantitative estimate of drug-likeness (QED) is 0.898. The zero-order valence-corrected chi connectivity index (χ0v) is 12.5. The van der Waals surface area contributed by atoms with E-state index in [0.717, 1.165) is 19.5 Å². The second kappa shape index (κ2) is 6.64. The number of rotatable bonds is 4. The van der Waals surface area contributed by atoms with E-state index in [2.05, 4.69) is 10.3 Å². The Morgan fingerprint density at radius 1 is 1.47 bits per heavy atom. The van der Waals surface area contributed by atoms with Gasteiger partial charge in [-0.1, -0.05) is 29.6 Å².